The first kappa shape index (κ1) is 12.9. The topological polar surface area (TPSA) is 24.5 Å². The fourth-order valence-electron chi connectivity index (χ4n) is 1.94. The normalized spacial score (nSPS) is 20.4. The summed E-state index contributed by atoms with van der Waals surface area (Å²) in [5.41, 5.74) is 0. The summed E-state index contributed by atoms with van der Waals surface area (Å²) in [6, 6.07) is 0.672. The van der Waals surface area contributed by atoms with E-state index in [0.717, 1.165) is 32.8 Å². The van der Waals surface area contributed by atoms with E-state index in [2.05, 4.69) is 24.1 Å². The van der Waals surface area contributed by atoms with E-state index in [-0.39, 0.29) is 0 Å². The van der Waals surface area contributed by atoms with Crippen molar-refractivity contribution in [2.45, 2.75) is 39.2 Å². The molecule has 3 nitrogen and oxygen atoms in total. The third kappa shape index (κ3) is 6.13. The third-order valence-corrected chi connectivity index (χ3v) is 2.96. The van der Waals surface area contributed by atoms with Crippen molar-refractivity contribution in [1.82, 2.24) is 10.2 Å². The van der Waals surface area contributed by atoms with Crippen LogP contribution in [-0.4, -0.2) is 50.3 Å². The predicted octanol–water partition coefficient (Wildman–Crippen LogP) is 1.49. The zero-order valence-electron chi connectivity index (χ0n) is 10.3. The highest BCUT2D eigenvalue weighted by molar-refractivity contribution is 4.65. The van der Waals surface area contributed by atoms with Crippen LogP contribution < -0.4 is 5.32 Å². The van der Waals surface area contributed by atoms with Crippen LogP contribution in [-0.2, 0) is 4.74 Å². The Labute approximate surface area is 94.2 Å². The second-order valence-electron chi connectivity index (χ2n) is 4.45. The Morgan fingerprint density at radius 3 is 2.73 bits per heavy atom. The van der Waals surface area contributed by atoms with Gasteiger partial charge in [0.15, 0.2) is 0 Å². The molecular weight excluding hydrogens is 188 g/mol. The Balaban J connectivity index is 1.94. The summed E-state index contributed by atoms with van der Waals surface area (Å²) in [4.78, 5) is 2.51. The Morgan fingerprint density at radius 2 is 2.07 bits per heavy atom. The lowest BCUT2D eigenvalue weighted by atomic mass is 10.1. The van der Waals surface area contributed by atoms with Crippen LogP contribution in [0.3, 0.4) is 0 Å². The average Bonchev–Trinajstić information content (AvgIpc) is 2.28. The van der Waals surface area contributed by atoms with Gasteiger partial charge >= 0.3 is 0 Å². The number of hydrogen-bond donors (Lipinski definition) is 1. The minimum absolute atomic E-state index is 0.672. The van der Waals surface area contributed by atoms with Crippen LogP contribution in [0.2, 0.25) is 0 Å². The van der Waals surface area contributed by atoms with Crippen LogP contribution in [0.25, 0.3) is 0 Å². The van der Waals surface area contributed by atoms with Crippen molar-refractivity contribution in [2.24, 2.45) is 0 Å². The Kier molecular flexibility index (Phi) is 6.98. The van der Waals surface area contributed by atoms with E-state index >= 15 is 0 Å². The standard InChI is InChI=1S/C12H26N2O/c1-3-6-13-12(2)5-4-7-14-8-10-15-11-9-14/h12-13H,3-11H2,1-2H3. The molecule has 1 aliphatic heterocycles. The summed E-state index contributed by atoms with van der Waals surface area (Å²) >= 11 is 0. The van der Waals surface area contributed by atoms with Crippen LogP contribution in [0.4, 0.5) is 0 Å². The van der Waals surface area contributed by atoms with Gasteiger partial charge in [-0.25, -0.2) is 0 Å². The zero-order chi connectivity index (χ0) is 10.9. The average molecular weight is 214 g/mol. The lowest BCUT2D eigenvalue weighted by Gasteiger charge is -2.27. The van der Waals surface area contributed by atoms with E-state index in [1.54, 1.807) is 0 Å². The molecule has 1 rings (SSSR count). The van der Waals surface area contributed by atoms with Gasteiger partial charge in [-0.3, -0.25) is 4.90 Å². The first-order chi connectivity index (χ1) is 7.33. The molecule has 1 atom stereocenters. The molecule has 1 unspecified atom stereocenters. The van der Waals surface area contributed by atoms with Crippen molar-refractivity contribution < 1.29 is 4.74 Å². The van der Waals surface area contributed by atoms with Crippen molar-refractivity contribution in [3.8, 4) is 0 Å². The smallest absolute Gasteiger partial charge is 0.0594 e. The predicted molar refractivity (Wildman–Crippen MR) is 64.2 cm³/mol. The van der Waals surface area contributed by atoms with Gasteiger partial charge in [0.2, 0.25) is 0 Å². The minimum Gasteiger partial charge on any atom is -0.379 e. The van der Waals surface area contributed by atoms with E-state index in [1.807, 2.05) is 0 Å². The summed E-state index contributed by atoms with van der Waals surface area (Å²) in [6.45, 7) is 11.0. The maximum Gasteiger partial charge on any atom is 0.0594 e. The number of rotatable bonds is 7. The molecule has 90 valence electrons. The highest BCUT2D eigenvalue weighted by Gasteiger charge is 2.09. The zero-order valence-corrected chi connectivity index (χ0v) is 10.3. The second-order valence-corrected chi connectivity index (χ2v) is 4.45. The van der Waals surface area contributed by atoms with Crippen LogP contribution in [0, 0.1) is 0 Å². The molecule has 3 heteroatoms. The lowest BCUT2D eigenvalue weighted by Crippen LogP contribution is -2.37. The second kappa shape index (κ2) is 8.08. The molecule has 1 heterocycles. The van der Waals surface area contributed by atoms with Crippen molar-refractivity contribution in [3.05, 3.63) is 0 Å². The maximum atomic E-state index is 5.33. The molecule has 0 saturated carbocycles. The summed E-state index contributed by atoms with van der Waals surface area (Å²) in [7, 11) is 0. The molecule has 0 amide bonds. The molecule has 0 radical (unpaired) electrons. The maximum absolute atomic E-state index is 5.33. The van der Waals surface area contributed by atoms with Gasteiger partial charge in [-0.2, -0.15) is 0 Å². The molecular formula is C12H26N2O. The molecule has 0 spiro atoms. The van der Waals surface area contributed by atoms with E-state index in [1.165, 1.54) is 25.8 Å². The molecule has 1 N–H and O–H groups in total. The van der Waals surface area contributed by atoms with Gasteiger partial charge in [0.05, 0.1) is 13.2 Å². The molecule has 0 aromatic carbocycles. The molecule has 1 aliphatic rings. The quantitative estimate of drug-likeness (QED) is 0.695. The minimum atomic E-state index is 0.672. The lowest BCUT2D eigenvalue weighted by molar-refractivity contribution is 0.0369. The van der Waals surface area contributed by atoms with Gasteiger partial charge in [0, 0.05) is 19.1 Å². The largest absolute Gasteiger partial charge is 0.379 e. The van der Waals surface area contributed by atoms with Crippen LogP contribution in [0.15, 0.2) is 0 Å². The first-order valence-corrected chi connectivity index (χ1v) is 6.36. The highest BCUT2D eigenvalue weighted by Crippen LogP contribution is 2.02. The van der Waals surface area contributed by atoms with Crippen molar-refractivity contribution in [3.63, 3.8) is 0 Å². The fourth-order valence-corrected chi connectivity index (χ4v) is 1.94. The molecule has 0 aliphatic carbocycles. The van der Waals surface area contributed by atoms with Crippen molar-refractivity contribution in [1.29, 1.82) is 0 Å². The van der Waals surface area contributed by atoms with E-state index in [4.69, 9.17) is 4.74 Å². The van der Waals surface area contributed by atoms with Crippen LogP contribution in [0.1, 0.15) is 33.1 Å². The molecule has 0 bridgehead atoms. The molecule has 1 saturated heterocycles. The van der Waals surface area contributed by atoms with Crippen LogP contribution >= 0.6 is 0 Å². The fraction of sp³-hybridized carbons (Fsp3) is 1.00. The summed E-state index contributed by atoms with van der Waals surface area (Å²) < 4.78 is 5.33. The number of ether oxygens (including phenoxy) is 1. The first-order valence-electron chi connectivity index (χ1n) is 6.36. The Morgan fingerprint density at radius 1 is 1.33 bits per heavy atom. The van der Waals surface area contributed by atoms with E-state index < -0.39 is 0 Å². The Bertz CT molecular complexity index is 147. The molecule has 0 aromatic heterocycles. The third-order valence-electron chi connectivity index (χ3n) is 2.96. The summed E-state index contributed by atoms with van der Waals surface area (Å²) in [5, 5.41) is 3.53. The van der Waals surface area contributed by atoms with Gasteiger partial charge in [0.1, 0.15) is 0 Å². The molecule has 1 fully saturated rings. The summed E-state index contributed by atoms with van der Waals surface area (Å²) in [6.07, 6.45) is 3.82. The number of morpholine rings is 1. The van der Waals surface area contributed by atoms with Gasteiger partial charge < -0.3 is 10.1 Å². The van der Waals surface area contributed by atoms with E-state index in [0.29, 0.717) is 6.04 Å². The van der Waals surface area contributed by atoms with Crippen molar-refractivity contribution in [2.75, 3.05) is 39.4 Å². The van der Waals surface area contributed by atoms with E-state index in [9.17, 15) is 0 Å². The van der Waals surface area contributed by atoms with Gasteiger partial charge in [-0.15, -0.1) is 0 Å². The van der Waals surface area contributed by atoms with Crippen LogP contribution in [0.5, 0.6) is 0 Å². The number of hydrogen-bond acceptors (Lipinski definition) is 3. The Hall–Kier alpha value is -0.120. The molecule has 15 heavy (non-hydrogen) atoms. The van der Waals surface area contributed by atoms with Gasteiger partial charge in [0.25, 0.3) is 0 Å². The number of nitrogens with zero attached hydrogens (tertiary/aromatic N) is 1. The monoisotopic (exact) mass is 214 g/mol. The molecule has 0 aromatic rings. The number of nitrogens with one attached hydrogen (secondary N) is 1. The SMILES string of the molecule is CCCNC(C)CCCN1CCOCC1. The highest BCUT2D eigenvalue weighted by atomic mass is 16.5. The van der Waals surface area contributed by atoms with Gasteiger partial charge in [-0.05, 0) is 39.3 Å². The van der Waals surface area contributed by atoms with Crippen molar-refractivity contribution >= 4 is 0 Å². The van der Waals surface area contributed by atoms with Gasteiger partial charge in [-0.1, -0.05) is 6.92 Å². The summed E-state index contributed by atoms with van der Waals surface area (Å²) in [5.74, 6) is 0.